The van der Waals surface area contributed by atoms with Crippen molar-refractivity contribution in [2.75, 3.05) is 26.4 Å². The monoisotopic (exact) mass is 668 g/mol. The SMILES string of the molecule is C=C(CO)C(O)OCC(CCOC(=O)C(C)CO)C1CCC(C2CCC(c3ccc(-c4ccc(CCC=C(F)F)cc4)cc3)CC2)CC1. The Morgan fingerprint density at radius 2 is 1.50 bits per heavy atom. The molecule has 6 nitrogen and oxygen atoms in total. The lowest BCUT2D eigenvalue weighted by Crippen LogP contribution is -2.32. The van der Waals surface area contributed by atoms with E-state index in [0.717, 1.165) is 36.0 Å². The molecule has 2 aliphatic rings. The van der Waals surface area contributed by atoms with Crippen molar-refractivity contribution in [3.05, 3.63) is 84.0 Å². The van der Waals surface area contributed by atoms with E-state index in [1.165, 1.54) is 49.7 Å². The third-order valence-electron chi connectivity index (χ3n) is 10.8. The van der Waals surface area contributed by atoms with Gasteiger partial charge in [-0.1, -0.05) is 55.1 Å². The van der Waals surface area contributed by atoms with Crippen molar-refractivity contribution >= 4 is 5.97 Å². The highest BCUT2D eigenvalue weighted by molar-refractivity contribution is 5.72. The van der Waals surface area contributed by atoms with Crippen molar-refractivity contribution in [2.24, 2.45) is 29.6 Å². The average molecular weight is 669 g/mol. The second kappa shape index (κ2) is 19.3. The van der Waals surface area contributed by atoms with Gasteiger partial charge in [0, 0.05) is 5.57 Å². The molecule has 0 aliphatic heterocycles. The number of aliphatic hydroxyl groups is 3. The molecule has 2 aliphatic carbocycles. The van der Waals surface area contributed by atoms with Crippen LogP contribution in [0.5, 0.6) is 0 Å². The van der Waals surface area contributed by atoms with Crippen LogP contribution in [-0.4, -0.2) is 54.0 Å². The Hall–Kier alpha value is -2.91. The summed E-state index contributed by atoms with van der Waals surface area (Å²) in [7, 11) is 0. The number of ether oxygens (including phenoxy) is 2. The number of aliphatic hydroxyl groups excluding tert-OH is 3. The predicted octanol–water partition coefficient (Wildman–Crippen LogP) is 8.21. The summed E-state index contributed by atoms with van der Waals surface area (Å²) in [6.45, 7) is 5.26. The average Bonchev–Trinajstić information content (AvgIpc) is 3.12. The van der Waals surface area contributed by atoms with Crippen LogP contribution in [0.4, 0.5) is 8.78 Å². The molecule has 0 radical (unpaired) electrons. The number of carbonyl (C=O) groups excluding carboxylic acids is 1. The fraction of sp³-hybridized carbons (Fsp3) is 0.575. The number of halogens is 2. The van der Waals surface area contributed by atoms with E-state index in [-0.39, 0.29) is 31.3 Å². The molecular formula is C40H54F2O6. The van der Waals surface area contributed by atoms with Crippen LogP contribution in [0.2, 0.25) is 0 Å². The minimum absolute atomic E-state index is 0.108. The van der Waals surface area contributed by atoms with E-state index in [4.69, 9.17) is 9.47 Å². The van der Waals surface area contributed by atoms with Crippen molar-refractivity contribution in [1.29, 1.82) is 0 Å². The Balaban J connectivity index is 1.24. The van der Waals surface area contributed by atoms with Gasteiger partial charge in [0.05, 0.1) is 32.3 Å². The summed E-state index contributed by atoms with van der Waals surface area (Å²) in [6.07, 6.45) is 9.07. The first-order valence-electron chi connectivity index (χ1n) is 17.7. The maximum absolute atomic E-state index is 12.3. The number of aryl methyl sites for hydroxylation is 1. The van der Waals surface area contributed by atoms with E-state index < -0.39 is 24.3 Å². The third-order valence-corrected chi connectivity index (χ3v) is 10.8. The summed E-state index contributed by atoms with van der Waals surface area (Å²) in [5.41, 5.74) is 4.98. The zero-order chi connectivity index (χ0) is 34.5. The lowest BCUT2D eigenvalue weighted by Gasteiger charge is -2.40. The molecule has 3 N–H and O–H groups in total. The standard InChI is InChI=1S/C40H54F2O6/c1-27(24-43)39(45)47-23-22-37(26-48-40(46)28(2)25-44)36-20-18-35(19-21-36)34-16-14-33(15-17-34)32-12-10-31(11-13-32)30-8-6-29(7-9-30)4-3-5-38(41)42/h5-13,27,33-37,40,43-44,46H,2-4,14-26H2,1H3. The number of allylic oxidation sites excluding steroid dienone is 1. The van der Waals surface area contributed by atoms with Gasteiger partial charge in [0.15, 0.2) is 6.29 Å². The van der Waals surface area contributed by atoms with Crippen LogP contribution in [0.25, 0.3) is 11.1 Å². The van der Waals surface area contributed by atoms with Gasteiger partial charge in [0.1, 0.15) is 0 Å². The molecule has 0 saturated heterocycles. The first kappa shape index (κ1) is 37.9. The summed E-state index contributed by atoms with van der Waals surface area (Å²) < 4.78 is 35.7. The Morgan fingerprint density at radius 3 is 2.06 bits per heavy atom. The zero-order valence-corrected chi connectivity index (χ0v) is 28.4. The lowest BCUT2D eigenvalue weighted by atomic mass is 9.66. The van der Waals surface area contributed by atoms with E-state index in [9.17, 15) is 28.9 Å². The Labute approximate surface area is 284 Å². The van der Waals surface area contributed by atoms with Crippen molar-refractivity contribution in [3.8, 4) is 11.1 Å². The smallest absolute Gasteiger partial charge is 0.310 e. The molecular weight excluding hydrogens is 614 g/mol. The highest BCUT2D eigenvalue weighted by atomic mass is 19.3. The van der Waals surface area contributed by atoms with Gasteiger partial charge in [-0.2, -0.15) is 8.78 Å². The molecule has 2 aromatic carbocycles. The van der Waals surface area contributed by atoms with Crippen LogP contribution in [0.1, 0.15) is 88.2 Å². The topological polar surface area (TPSA) is 96.2 Å². The van der Waals surface area contributed by atoms with Gasteiger partial charge < -0.3 is 24.8 Å². The fourth-order valence-corrected chi connectivity index (χ4v) is 7.56. The van der Waals surface area contributed by atoms with E-state index in [1.54, 1.807) is 6.92 Å². The largest absolute Gasteiger partial charge is 0.465 e. The number of rotatable bonds is 17. The van der Waals surface area contributed by atoms with Gasteiger partial charge in [0.25, 0.3) is 6.08 Å². The molecule has 3 unspecified atom stereocenters. The van der Waals surface area contributed by atoms with Crippen LogP contribution in [-0.2, 0) is 20.7 Å². The molecule has 8 heteroatoms. The highest BCUT2D eigenvalue weighted by Crippen LogP contribution is 2.45. The van der Waals surface area contributed by atoms with Crippen molar-refractivity contribution in [2.45, 2.75) is 89.8 Å². The summed E-state index contributed by atoms with van der Waals surface area (Å²) in [5, 5.41) is 28.7. The fourth-order valence-electron chi connectivity index (χ4n) is 7.56. The lowest BCUT2D eigenvalue weighted by molar-refractivity contribution is -0.150. The van der Waals surface area contributed by atoms with Crippen LogP contribution < -0.4 is 0 Å². The Morgan fingerprint density at radius 1 is 0.917 bits per heavy atom. The van der Waals surface area contributed by atoms with Crippen molar-refractivity contribution in [3.63, 3.8) is 0 Å². The van der Waals surface area contributed by atoms with Crippen LogP contribution in [0.3, 0.4) is 0 Å². The van der Waals surface area contributed by atoms with Crippen LogP contribution in [0.15, 0.2) is 72.8 Å². The number of esters is 1. The Bertz CT molecular complexity index is 1290. The molecule has 0 bridgehead atoms. The van der Waals surface area contributed by atoms with Crippen LogP contribution >= 0.6 is 0 Å². The second-order valence-corrected chi connectivity index (χ2v) is 13.9. The maximum atomic E-state index is 12.3. The molecule has 264 valence electrons. The molecule has 0 aromatic heterocycles. The molecule has 0 amide bonds. The van der Waals surface area contributed by atoms with Crippen LogP contribution in [0, 0.1) is 29.6 Å². The van der Waals surface area contributed by atoms with Gasteiger partial charge in [-0.15, -0.1) is 0 Å². The molecule has 0 spiro atoms. The van der Waals surface area contributed by atoms with E-state index >= 15 is 0 Å². The quantitative estimate of drug-likeness (QED) is 0.0894. The predicted molar refractivity (Wildman–Crippen MR) is 184 cm³/mol. The molecule has 3 atom stereocenters. The van der Waals surface area contributed by atoms with Crippen molar-refractivity contribution < 1.29 is 38.4 Å². The first-order valence-corrected chi connectivity index (χ1v) is 17.7. The van der Waals surface area contributed by atoms with E-state index in [2.05, 4.69) is 43.0 Å². The molecule has 4 rings (SSSR count). The van der Waals surface area contributed by atoms with E-state index in [1.807, 2.05) is 12.1 Å². The molecule has 0 heterocycles. The summed E-state index contributed by atoms with van der Waals surface area (Å²) in [5.74, 6) is 1.58. The third kappa shape index (κ3) is 11.3. The number of benzene rings is 2. The molecule has 2 fully saturated rings. The van der Waals surface area contributed by atoms with Gasteiger partial charge in [-0.05, 0) is 135 Å². The number of hydrogen-bond acceptors (Lipinski definition) is 6. The van der Waals surface area contributed by atoms with E-state index in [0.29, 0.717) is 43.6 Å². The number of carbonyl (C=O) groups is 1. The van der Waals surface area contributed by atoms with Crippen molar-refractivity contribution in [1.82, 2.24) is 0 Å². The van der Waals surface area contributed by atoms with Gasteiger partial charge in [-0.25, -0.2) is 0 Å². The molecule has 48 heavy (non-hydrogen) atoms. The zero-order valence-electron chi connectivity index (χ0n) is 28.4. The second-order valence-electron chi connectivity index (χ2n) is 13.9. The number of hydrogen-bond donors (Lipinski definition) is 3. The normalized spacial score (nSPS) is 23.1. The first-order chi connectivity index (χ1) is 23.2. The van der Waals surface area contributed by atoms with Gasteiger partial charge in [-0.3, -0.25) is 4.79 Å². The van der Waals surface area contributed by atoms with Gasteiger partial charge in [0.2, 0.25) is 0 Å². The molecule has 2 saturated carbocycles. The Kier molecular flexibility index (Phi) is 15.3. The summed E-state index contributed by atoms with van der Waals surface area (Å²) >= 11 is 0. The van der Waals surface area contributed by atoms with Gasteiger partial charge >= 0.3 is 5.97 Å². The maximum Gasteiger partial charge on any atom is 0.310 e. The minimum Gasteiger partial charge on any atom is -0.465 e. The minimum atomic E-state index is -1.62. The summed E-state index contributed by atoms with van der Waals surface area (Å²) in [6, 6.07) is 17.1. The molecule has 2 aromatic rings. The summed E-state index contributed by atoms with van der Waals surface area (Å²) in [4.78, 5) is 12.1. The highest BCUT2D eigenvalue weighted by Gasteiger charge is 2.34.